The highest BCUT2D eigenvalue weighted by Crippen LogP contribution is 2.20. The molecule has 0 unspecified atom stereocenters. The lowest BCUT2D eigenvalue weighted by atomic mass is 10.0. The molecule has 1 saturated heterocycles. The third kappa shape index (κ3) is 5.81. The van der Waals surface area contributed by atoms with E-state index in [1.54, 1.807) is 11.1 Å². The van der Waals surface area contributed by atoms with Crippen LogP contribution in [-0.2, 0) is 11.3 Å². The number of nitrogens with zero attached hydrogens (tertiary/aromatic N) is 7. The van der Waals surface area contributed by atoms with E-state index in [2.05, 4.69) is 20.3 Å². The van der Waals surface area contributed by atoms with Gasteiger partial charge in [0.15, 0.2) is 0 Å². The van der Waals surface area contributed by atoms with Gasteiger partial charge in [0.1, 0.15) is 5.82 Å². The molecule has 0 atom stereocenters. The summed E-state index contributed by atoms with van der Waals surface area (Å²) in [6.07, 6.45) is 7.88. The van der Waals surface area contributed by atoms with Gasteiger partial charge in [-0.25, -0.2) is 13.9 Å². The number of amides is 2. The summed E-state index contributed by atoms with van der Waals surface area (Å²) in [5.41, 5.74) is 6.66. The predicted octanol–water partition coefficient (Wildman–Crippen LogP) is 0.487. The number of nitrogens with two attached hydrogens (primary N) is 1. The van der Waals surface area contributed by atoms with Crippen molar-refractivity contribution in [2.75, 3.05) is 19.6 Å². The Labute approximate surface area is 199 Å². The van der Waals surface area contributed by atoms with Gasteiger partial charge in [0.05, 0.1) is 47.6 Å². The molecular weight excluding hydrogens is 459 g/mol. The van der Waals surface area contributed by atoms with E-state index in [4.69, 9.17) is 10.8 Å². The van der Waals surface area contributed by atoms with Crippen LogP contribution >= 0.6 is 0 Å². The quantitative estimate of drug-likeness (QED) is 0.465. The van der Waals surface area contributed by atoms with Crippen molar-refractivity contribution in [3.05, 3.63) is 65.8 Å². The minimum atomic E-state index is -1.11. The van der Waals surface area contributed by atoms with Gasteiger partial charge in [-0.3, -0.25) is 24.5 Å². The Balaban J connectivity index is 1.42. The van der Waals surface area contributed by atoms with Gasteiger partial charge in [0, 0.05) is 38.1 Å². The molecule has 4 rings (SSSR count). The van der Waals surface area contributed by atoms with Crippen molar-refractivity contribution in [3.63, 3.8) is 0 Å². The zero-order valence-corrected chi connectivity index (χ0v) is 18.6. The van der Waals surface area contributed by atoms with Gasteiger partial charge in [0.25, 0.3) is 5.91 Å². The molecule has 4 heterocycles. The first-order valence-electron chi connectivity index (χ1n) is 10.8. The van der Waals surface area contributed by atoms with Crippen LogP contribution in [0.3, 0.4) is 0 Å². The monoisotopic (exact) mass is 482 g/mol. The summed E-state index contributed by atoms with van der Waals surface area (Å²) in [6, 6.07) is 2.54. The number of piperidine rings is 1. The molecule has 0 aromatic carbocycles. The summed E-state index contributed by atoms with van der Waals surface area (Å²) in [4.78, 5) is 46.8. The van der Waals surface area contributed by atoms with Crippen molar-refractivity contribution in [1.82, 2.24) is 34.8 Å². The van der Waals surface area contributed by atoms with E-state index >= 15 is 0 Å². The fraction of sp³-hybridized carbons (Fsp3) is 0.318. The average Bonchev–Trinajstić information content (AvgIpc) is 3.32. The maximum Gasteiger partial charge on any atom is 0.337 e. The lowest BCUT2D eigenvalue weighted by molar-refractivity contribution is -0.120. The standard InChI is InChI=1S/C22H23FN8O4/c23-16-5-14(7-25-9-16)21(33)29-3-1-18(2-4-29)30(13-20(24)32)11-17-12-31(28-27-17)19-6-15(22(34)35)8-26-10-19/h5-10,12,18H,1-4,11,13H2,(H2,24,32)(H,34,35). The summed E-state index contributed by atoms with van der Waals surface area (Å²) in [5.74, 6) is -2.47. The third-order valence-corrected chi connectivity index (χ3v) is 5.72. The molecule has 1 aliphatic heterocycles. The Kier molecular flexibility index (Phi) is 7.06. The maximum atomic E-state index is 13.4. The first kappa shape index (κ1) is 23.9. The highest BCUT2D eigenvalue weighted by Gasteiger charge is 2.29. The fourth-order valence-corrected chi connectivity index (χ4v) is 4.03. The zero-order valence-electron chi connectivity index (χ0n) is 18.6. The molecule has 13 heteroatoms. The van der Waals surface area contributed by atoms with Crippen LogP contribution in [0.1, 0.15) is 39.3 Å². The molecular formula is C22H23FN8O4. The topological polar surface area (TPSA) is 160 Å². The highest BCUT2D eigenvalue weighted by atomic mass is 19.1. The molecule has 0 spiro atoms. The summed E-state index contributed by atoms with van der Waals surface area (Å²) in [5, 5.41) is 17.3. The van der Waals surface area contributed by atoms with E-state index in [1.807, 2.05) is 4.90 Å². The van der Waals surface area contributed by atoms with Crippen LogP contribution in [0, 0.1) is 5.82 Å². The number of carboxylic acids is 1. The molecule has 0 saturated carbocycles. The number of aromatic carboxylic acids is 1. The van der Waals surface area contributed by atoms with Crippen LogP contribution in [0.2, 0.25) is 0 Å². The number of primary amides is 1. The molecule has 3 N–H and O–H groups in total. The van der Waals surface area contributed by atoms with Crippen LogP contribution < -0.4 is 5.73 Å². The number of rotatable bonds is 8. The fourth-order valence-electron chi connectivity index (χ4n) is 4.03. The van der Waals surface area contributed by atoms with Crippen molar-refractivity contribution in [3.8, 4) is 5.69 Å². The summed E-state index contributed by atoms with van der Waals surface area (Å²) < 4.78 is 14.8. The van der Waals surface area contributed by atoms with Crippen LogP contribution in [-0.4, -0.2) is 83.3 Å². The number of hydrogen-bond donors (Lipinski definition) is 2. The Morgan fingerprint density at radius 2 is 1.80 bits per heavy atom. The minimum absolute atomic E-state index is 0.00462. The van der Waals surface area contributed by atoms with Crippen molar-refractivity contribution in [2.24, 2.45) is 5.73 Å². The molecule has 2 amide bonds. The van der Waals surface area contributed by atoms with E-state index in [9.17, 15) is 18.8 Å². The van der Waals surface area contributed by atoms with Gasteiger partial charge in [-0.2, -0.15) is 0 Å². The number of carbonyl (C=O) groups is 3. The van der Waals surface area contributed by atoms with Gasteiger partial charge in [0.2, 0.25) is 5.91 Å². The van der Waals surface area contributed by atoms with Crippen LogP contribution in [0.5, 0.6) is 0 Å². The number of aromatic nitrogens is 5. The SMILES string of the molecule is NC(=O)CN(Cc1cn(-c2cncc(C(=O)O)c2)nn1)C1CCN(C(=O)c2cncc(F)c2)CC1. The number of likely N-dealkylation sites (tertiary alicyclic amines) is 1. The van der Waals surface area contributed by atoms with E-state index in [0.717, 1.165) is 12.3 Å². The maximum absolute atomic E-state index is 13.4. The Bertz CT molecular complexity index is 1240. The van der Waals surface area contributed by atoms with Crippen LogP contribution in [0.25, 0.3) is 5.69 Å². The van der Waals surface area contributed by atoms with Gasteiger partial charge in [-0.1, -0.05) is 5.21 Å². The zero-order chi connectivity index (χ0) is 24.9. The van der Waals surface area contributed by atoms with Crippen molar-refractivity contribution >= 4 is 17.8 Å². The Morgan fingerprint density at radius 1 is 1.09 bits per heavy atom. The lowest BCUT2D eigenvalue weighted by Crippen LogP contribution is -2.48. The second kappa shape index (κ2) is 10.3. The molecule has 35 heavy (non-hydrogen) atoms. The summed E-state index contributed by atoms with van der Waals surface area (Å²) >= 11 is 0. The first-order valence-corrected chi connectivity index (χ1v) is 10.8. The number of carboxylic acid groups (broad SMARTS) is 1. The molecule has 1 aliphatic rings. The van der Waals surface area contributed by atoms with Crippen molar-refractivity contribution in [1.29, 1.82) is 0 Å². The number of pyridine rings is 2. The van der Waals surface area contributed by atoms with Gasteiger partial charge >= 0.3 is 5.97 Å². The molecule has 0 aliphatic carbocycles. The Morgan fingerprint density at radius 3 is 2.49 bits per heavy atom. The average molecular weight is 482 g/mol. The smallest absolute Gasteiger partial charge is 0.337 e. The minimum Gasteiger partial charge on any atom is -0.478 e. The number of carbonyl (C=O) groups excluding carboxylic acids is 2. The molecule has 3 aromatic heterocycles. The van der Waals surface area contributed by atoms with E-state index < -0.39 is 17.7 Å². The van der Waals surface area contributed by atoms with Gasteiger partial charge in [-0.15, -0.1) is 5.10 Å². The largest absolute Gasteiger partial charge is 0.478 e. The molecule has 1 fully saturated rings. The first-order chi connectivity index (χ1) is 16.8. The van der Waals surface area contributed by atoms with Gasteiger partial charge < -0.3 is 15.7 Å². The predicted molar refractivity (Wildman–Crippen MR) is 119 cm³/mol. The third-order valence-electron chi connectivity index (χ3n) is 5.72. The lowest BCUT2D eigenvalue weighted by Gasteiger charge is -2.37. The normalized spacial score (nSPS) is 14.3. The molecule has 0 bridgehead atoms. The van der Waals surface area contributed by atoms with Crippen LogP contribution in [0.4, 0.5) is 4.39 Å². The van der Waals surface area contributed by atoms with Gasteiger partial charge in [-0.05, 0) is 25.0 Å². The number of hydrogen-bond acceptors (Lipinski definition) is 8. The number of halogens is 1. The van der Waals surface area contributed by atoms with E-state index in [0.29, 0.717) is 37.3 Å². The molecule has 182 valence electrons. The molecule has 12 nitrogen and oxygen atoms in total. The highest BCUT2D eigenvalue weighted by molar-refractivity contribution is 5.94. The second-order valence-corrected chi connectivity index (χ2v) is 8.18. The van der Waals surface area contributed by atoms with Crippen molar-refractivity contribution in [2.45, 2.75) is 25.4 Å². The van der Waals surface area contributed by atoms with E-state index in [-0.39, 0.29) is 36.2 Å². The molecule has 0 radical (unpaired) electrons. The van der Waals surface area contributed by atoms with E-state index in [1.165, 1.54) is 29.3 Å². The molecule has 3 aromatic rings. The van der Waals surface area contributed by atoms with Crippen molar-refractivity contribution < 1.29 is 23.9 Å². The Hall–Kier alpha value is -4.26. The van der Waals surface area contributed by atoms with Crippen LogP contribution in [0.15, 0.2) is 43.1 Å². The summed E-state index contributed by atoms with van der Waals surface area (Å²) in [6.45, 7) is 1.13. The second-order valence-electron chi connectivity index (χ2n) is 8.18. The summed E-state index contributed by atoms with van der Waals surface area (Å²) in [7, 11) is 0.